The normalized spacial score (nSPS) is 28.1. The number of hydrogen-bond donors (Lipinski definition) is 1. The number of rotatable bonds is 5. The molecule has 1 aliphatic rings. The Morgan fingerprint density at radius 2 is 1.56 bits per heavy atom. The van der Waals surface area contributed by atoms with E-state index in [-0.39, 0.29) is 6.10 Å². The van der Waals surface area contributed by atoms with Gasteiger partial charge in [0.1, 0.15) is 0 Å². The molecule has 16 heavy (non-hydrogen) atoms. The summed E-state index contributed by atoms with van der Waals surface area (Å²) in [5, 5.41) is 10.2. The van der Waals surface area contributed by atoms with Crippen molar-refractivity contribution in [3.63, 3.8) is 0 Å². The van der Waals surface area contributed by atoms with Gasteiger partial charge in [-0.05, 0) is 25.2 Å². The van der Waals surface area contributed by atoms with E-state index < -0.39 is 0 Å². The van der Waals surface area contributed by atoms with E-state index in [0.29, 0.717) is 5.92 Å². The van der Waals surface area contributed by atoms with E-state index in [2.05, 4.69) is 6.92 Å². The van der Waals surface area contributed by atoms with Crippen LogP contribution in [-0.4, -0.2) is 11.2 Å². The Balaban J connectivity index is 2.22. The van der Waals surface area contributed by atoms with E-state index in [1.807, 2.05) is 0 Å². The molecule has 0 bridgehead atoms. The molecule has 1 N–H and O–H groups in total. The zero-order valence-corrected chi connectivity index (χ0v) is 11.1. The number of aliphatic hydroxyl groups is 1. The maximum absolute atomic E-state index is 10.2. The summed E-state index contributed by atoms with van der Waals surface area (Å²) in [6.45, 7) is 2.26. The minimum Gasteiger partial charge on any atom is -0.393 e. The molecule has 0 aromatic carbocycles. The monoisotopic (exact) mass is 226 g/mol. The first-order valence-corrected chi connectivity index (χ1v) is 7.52. The van der Waals surface area contributed by atoms with Crippen LogP contribution in [0.1, 0.15) is 84.0 Å². The van der Waals surface area contributed by atoms with Crippen LogP contribution in [0.25, 0.3) is 0 Å². The highest BCUT2D eigenvalue weighted by molar-refractivity contribution is 4.71. The quantitative estimate of drug-likeness (QED) is 0.675. The van der Waals surface area contributed by atoms with Gasteiger partial charge in [0.2, 0.25) is 0 Å². The molecule has 0 heterocycles. The second-order valence-electron chi connectivity index (χ2n) is 5.52. The Labute approximate surface area is 102 Å². The van der Waals surface area contributed by atoms with Gasteiger partial charge in [0.15, 0.2) is 0 Å². The van der Waals surface area contributed by atoms with Crippen LogP contribution in [0, 0.1) is 5.92 Å². The standard InChI is InChI=1S/C15H30O/c1-2-3-4-8-11-14-12-9-6-5-7-10-13-15(14)16/h14-16H,2-13H2,1H3. The molecule has 0 aromatic rings. The molecule has 0 spiro atoms. The van der Waals surface area contributed by atoms with Gasteiger partial charge in [0.25, 0.3) is 0 Å². The predicted molar refractivity (Wildman–Crippen MR) is 70.6 cm³/mol. The summed E-state index contributed by atoms with van der Waals surface area (Å²) in [4.78, 5) is 0. The molecule has 0 saturated heterocycles. The first-order valence-electron chi connectivity index (χ1n) is 7.52. The summed E-state index contributed by atoms with van der Waals surface area (Å²) in [6.07, 6.45) is 15.6. The summed E-state index contributed by atoms with van der Waals surface area (Å²) in [5.74, 6) is 0.606. The summed E-state index contributed by atoms with van der Waals surface area (Å²) in [6, 6.07) is 0. The second kappa shape index (κ2) is 9.04. The maximum atomic E-state index is 10.2. The number of unbranched alkanes of at least 4 members (excludes halogenated alkanes) is 3. The lowest BCUT2D eigenvalue weighted by atomic mass is 9.89. The third-order valence-corrected chi connectivity index (χ3v) is 4.05. The minimum atomic E-state index is -0.000253. The van der Waals surface area contributed by atoms with E-state index in [4.69, 9.17) is 0 Å². The topological polar surface area (TPSA) is 20.2 Å². The molecule has 96 valence electrons. The third kappa shape index (κ3) is 5.89. The van der Waals surface area contributed by atoms with Crippen LogP contribution in [0.3, 0.4) is 0 Å². The highest BCUT2D eigenvalue weighted by Gasteiger charge is 2.19. The summed E-state index contributed by atoms with van der Waals surface area (Å²) < 4.78 is 0. The summed E-state index contributed by atoms with van der Waals surface area (Å²) in [7, 11) is 0. The van der Waals surface area contributed by atoms with Gasteiger partial charge in [-0.1, -0.05) is 64.7 Å². The van der Waals surface area contributed by atoms with E-state index in [0.717, 1.165) is 6.42 Å². The SMILES string of the molecule is CCCCCCC1CCCCCCCC1O. The lowest BCUT2D eigenvalue weighted by Crippen LogP contribution is -2.20. The fourth-order valence-electron chi connectivity index (χ4n) is 2.89. The van der Waals surface area contributed by atoms with E-state index >= 15 is 0 Å². The Morgan fingerprint density at radius 3 is 2.31 bits per heavy atom. The van der Waals surface area contributed by atoms with Gasteiger partial charge in [-0.3, -0.25) is 0 Å². The van der Waals surface area contributed by atoms with Crippen LogP contribution in [0.5, 0.6) is 0 Å². The van der Waals surface area contributed by atoms with Crippen molar-refractivity contribution in [2.75, 3.05) is 0 Å². The molecule has 0 amide bonds. The van der Waals surface area contributed by atoms with Crippen molar-refractivity contribution in [2.24, 2.45) is 5.92 Å². The molecule has 1 aliphatic carbocycles. The predicted octanol–water partition coefficient (Wildman–Crippen LogP) is 4.68. The fraction of sp³-hybridized carbons (Fsp3) is 1.00. The molecule has 2 unspecified atom stereocenters. The highest BCUT2D eigenvalue weighted by atomic mass is 16.3. The molecular weight excluding hydrogens is 196 g/mol. The molecule has 1 saturated carbocycles. The maximum Gasteiger partial charge on any atom is 0.0568 e. The van der Waals surface area contributed by atoms with E-state index in [9.17, 15) is 5.11 Å². The number of aliphatic hydroxyl groups excluding tert-OH is 1. The van der Waals surface area contributed by atoms with Crippen molar-refractivity contribution in [3.05, 3.63) is 0 Å². The van der Waals surface area contributed by atoms with Gasteiger partial charge in [-0.25, -0.2) is 0 Å². The van der Waals surface area contributed by atoms with Crippen LogP contribution in [0.2, 0.25) is 0 Å². The van der Waals surface area contributed by atoms with Gasteiger partial charge >= 0.3 is 0 Å². The highest BCUT2D eigenvalue weighted by Crippen LogP contribution is 2.26. The van der Waals surface area contributed by atoms with Crippen LogP contribution in [-0.2, 0) is 0 Å². The van der Waals surface area contributed by atoms with Gasteiger partial charge in [-0.2, -0.15) is 0 Å². The van der Waals surface area contributed by atoms with Crippen LogP contribution in [0.15, 0.2) is 0 Å². The lowest BCUT2D eigenvalue weighted by molar-refractivity contribution is 0.0860. The smallest absolute Gasteiger partial charge is 0.0568 e. The van der Waals surface area contributed by atoms with Crippen molar-refractivity contribution >= 4 is 0 Å². The Morgan fingerprint density at radius 1 is 0.875 bits per heavy atom. The van der Waals surface area contributed by atoms with Gasteiger partial charge < -0.3 is 5.11 Å². The van der Waals surface area contributed by atoms with Crippen LogP contribution < -0.4 is 0 Å². The van der Waals surface area contributed by atoms with Gasteiger partial charge in [-0.15, -0.1) is 0 Å². The molecule has 1 nitrogen and oxygen atoms in total. The van der Waals surface area contributed by atoms with Crippen LogP contribution in [0.4, 0.5) is 0 Å². The second-order valence-corrected chi connectivity index (χ2v) is 5.52. The first-order chi connectivity index (χ1) is 7.84. The van der Waals surface area contributed by atoms with Crippen molar-refractivity contribution in [1.82, 2.24) is 0 Å². The summed E-state index contributed by atoms with van der Waals surface area (Å²) >= 11 is 0. The Kier molecular flexibility index (Phi) is 7.92. The zero-order chi connectivity index (χ0) is 11.6. The summed E-state index contributed by atoms with van der Waals surface area (Å²) in [5.41, 5.74) is 0. The van der Waals surface area contributed by atoms with Crippen molar-refractivity contribution in [1.29, 1.82) is 0 Å². The molecular formula is C15H30O. The van der Waals surface area contributed by atoms with Crippen molar-refractivity contribution in [3.8, 4) is 0 Å². The lowest BCUT2D eigenvalue weighted by Gasteiger charge is -2.22. The molecule has 1 fully saturated rings. The zero-order valence-electron chi connectivity index (χ0n) is 11.1. The van der Waals surface area contributed by atoms with Gasteiger partial charge in [0.05, 0.1) is 6.10 Å². The fourth-order valence-corrected chi connectivity index (χ4v) is 2.89. The average molecular weight is 226 g/mol. The first kappa shape index (κ1) is 14.0. The molecule has 1 heteroatoms. The average Bonchev–Trinajstić information content (AvgIpc) is 2.38. The number of hydrogen-bond acceptors (Lipinski definition) is 1. The molecule has 0 aliphatic heterocycles. The molecule has 1 rings (SSSR count). The van der Waals surface area contributed by atoms with Crippen LogP contribution >= 0.6 is 0 Å². The Bertz CT molecular complexity index is 156. The van der Waals surface area contributed by atoms with E-state index in [1.165, 1.54) is 70.6 Å². The largest absolute Gasteiger partial charge is 0.393 e. The third-order valence-electron chi connectivity index (χ3n) is 4.05. The van der Waals surface area contributed by atoms with Gasteiger partial charge in [0, 0.05) is 0 Å². The Hall–Kier alpha value is -0.0400. The molecule has 0 aromatic heterocycles. The molecule has 2 atom stereocenters. The minimum absolute atomic E-state index is 0.000253. The van der Waals surface area contributed by atoms with E-state index in [1.54, 1.807) is 0 Å². The molecule has 0 radical (unpaired) electrons. The van der Waals surface area contributed by atoms with Crippen molar-refractivity contribution in [2.45, 2.75) is 90.1 Å². The van der Waals surface area contributed by atoms with Crippen molar-refractivity contribution < 1.29 is 5.11 Å².